The van der Waals surface area contributed by atoms with Crippen molar-refractivity contribution in [1.29, 1.82) is 0 Å². The maximum Gasteiger partial charge on any atom is 0.126 e. The smallest absolute Gasteiger partial charge is 0.126 e. The van der Waals surface area contributed by atoms with E-state index >= 15 is 0 Å². The standard InChI is InChI=1S/C16H18FNO/c1-11-7-8-13(9-15(11)17)10-18-16-6-4-3-5-14(16)12(2)19/h3-9,12,18-19H,10H2,1-2H3. The van der Waals surface area contributed by atoms with Crippen LogP contribution < -0.4 is 5.32 Å². The first kappa shape index (κ1) is 13.6. The van der Waals surface area contributed by atoms with Crippen LogP contribution in [-0.4, -0.2) is 5.11 Å². The summed E-state index contributed by atoms with van der Waals surface area (Å²) >= 11 is 0. The van der Waals surface area contributed by atoms with E-state index in [9.17, 15) is 9.50 Å². The summed E-state index contributed by atoms with van der Waals surface area (Å²) in [5.41, 5.74) is 3.24. The Hall–Kier alpha value is -1.87. The molecular formula is C16H18FNO. The number of para-hydroxylation sites is 1. The predicted octanol–water partition coefficient (Wildman–Crippen LogP) is 3.80. The fourth-order valence-electron chi connectivity index (χ4n) is 1.97. The molecule has 0 aromatic heterocycles. The third-order valence-electron chi connectivity index (χ3n) is 3.13. The molecule has 0 saturated carbocycles. The molecule has 0 heterocycles. The molecule has 2 aromatic carbocycles. The first-order valence-corrected chi connectivity index (χ1v) is 6.34. The minimum atomic E-state index is -0.529. The van der Waals surface area contributed by atoms with Crippen molar-refractivity contribution in [2.24, 2.45) is 0 Å². The van der Waals surface area contributed by atoms with Crippen LogP contribution in [0.25, 0.3) is 0 Å². The zero-order valence-corrected chi connectivity index (χ0v) is 11.2. The van der Waals surface area contributed by atoms with Crippen LogP contribution in [0.15, 0.2) is 42.5 Å². The lowest BCUT2D eigenvalue weighted by molar-refractivity contribution is 0.200. The second-order valence-electron chi connectivity index (χ2n) is 4.70. The monoisotopic (exact) mass is 259 g/mol. The number of rotatable bonds is 4. The quantitative estimate of drug-likeness (QED) is 0.875. The Kier molecular flexibility index (Phi) is 4.17. The SMILES string of the molecule is Cc1ccc(CNc2ccccc2C(C)O)cc1F. The van der Waals surface area contributed by atoms with E-state index in [1.165, 1.54) is 6.07 Å². The van der Waals surface area contributed by atoms with Crippen LogP contribution in [0.1, 0.15) is 29.7 Å². The fraction of sp³-hybridized carbons (Fsp3) is 0.250. The van der Waals surface area contributed by atoms with Crippen LogP contribution >= 0.6 is 0 Å². The van der Waals surface area contributed by atoms with E-state index in [4.69, 9.17) is 0 Å². The average molecular weight is 259 g/mol. The molecule has 19 heavy (non-hydrogen) atoms. The van der Waals surface area contributed by atoms with Gasteiger partial charge in [0.1, 0.15) is 5.82 Å². The van der Waals surface area contributed by atoms with E-state index in [2.05, 4.69) is 5.32 Å². The number of hydrogen-bond donors (Lipinski definition) is 2. The van der Waals surface area contributed by atoms with E-state index in [1.54, 1.807) is 19.9 Å². The number of hydrogen-bond acceptors (Lipinski definition) is 2. The highest BCUT2D eigenvalue weighted by molar-refractivity contribution is 5.52. The molecule has 3 heteroatoms. The Bertz CT molecular complexity index is 566. The van der Waals surface area contributed by atoms with Crippen molar-refractivity contribution in [3.8, 4) is 0 Å². The van der Waals surface area contributed by atoms with E-state index in [-0.39, 0.29) is 5.82 Å². The van der Waals surface area contributed by atoms with Gasteiger partial charge in [-0.3, -0.25) is 0 Å². The van der Waals surface area contributed by atoms with Gasteiger partial charge in [-0.05, 0) is 37.1 Å². The lowest BCUT2D eigenvalue weighted by Crippen LogP contribution is -2.04. The van der Waals surface area contributed by atoms with E-state index in [1.807, 2.05) is 30.3 Å². The molecule has 0 aliphatic rings. The van der Waals surface area contributed by atoms with Crippen molar-refractivity contribution in [3.63, 3.8) is 0 Å². The minimum absolute atomic E-state index is 0.192. The molecule has 0 radical (unpaired) electrons. The van der Waals surface area contributed by atoms with Crippen molar-refractivity contribution in [2.75, 3.05) is 5.32 Å². The van der Waals surface area contributed by atoms with Crippen molar-refractivity contribution in [2.45, 2.75) is 26.5 Å². The summed E-state index contributed by atoms with van der Waals surface area (Å²) in [4.78, 5) is 0. The number of aliphatic hydroxyl groups is 1. The molecule has 2 nitrogen and oxygen atoms in total. The Balaban J connectivity index is 2.12. The molecule has 1 unspecified atom stereocenters. The van der Waals surface area contributed by atoms with Gasteiger partial charge in [-0.25, -0.2) is 4.39 Å². The van der Waals surface area contributed by atoms with Gasteiger partial charge in [-0.2, -0.15) is 0 Å². The Morgan fingerprint density at radius 3 is 2.63 bits per heavy atom. The lowest BCUT2D eigenvalue weighted by atomic mass is 10.1. The maximum atomic E-state index is 13.4. The summed E-state index contributed by atoms with van der Waals surface area (Å²) in [6.07, 6.45) is -0.529. The first-order chi connectivity index (χ1) is 9.08. The summed E-state index contributed by atoms with van der Waals surface area (Å²) in [7, 11) is 0. The van der Waals surface area contributed by atoms with Crippen molar-refractivity contribution in [3.05, 3.63) is 65.0 Å². The zero-order valence-electron chi connectivity index (χ0n) is 11.2. The Morgan fingerprint density at radius 2 is 1.95 bits per heavy atom. The fourth-order valence-corrected chi connectivity index (χ4v) is 1.97. The number of aryl methyl sites for hydroxylation is 1. The number of nitrogens with one attached hydrogen (secondary N) is 1. The molecule has 0 fully saturated rings. The van der Waals surface area contributed by atoms with Gasteiger partial charge in [0.05, 0.1) is 6.10 Å². The van der Waals surface area contributed by atoms with Crippen LogP contribution in [0.3, 0.4) is 0 Å². The molecular weight excluding hydrogens is 241 g/mol. The van der Waals surface area contributed by atoms with Crippen LogP contribution in [0.5, 0.6) is 0 Å². The number of benzene rings is 2. The van der Waals surface area contributed by atoms with Gasteiger partial charge >= 0.3 is 0 Å². The van der Waals surface area contributed by atoms with Gasteiger partial charge in [-0.15, -0.1) is 0 Å². The largest absolute Gasteiger partial charge is 0.389 e. The molecule has 2 N–H and O–H groups in total. The highest BCUT2D eigenvalue weighted by Gasteiger charge is 2.07. The van der Waals surface area contributed by atoms with Crippen molar-refractivity contribution >= 4 is 5.69 Å². The maximum absolute atomic E-state index is 13.4. The predicted molar refractivity (Wildman–Crippen MR) is 75.5 cm³/mol. The van der Waals surface area contributed by atoms with E-state index in [0.29, 0.717) is 12.1 Å². The first-order valence-electron chi connectivity index (χ1n) is 6.34. The van der Waals surface area contributed by atoms with Crippen molar-refractivity contribution < 1.29 is 9.50 Å². The highest BCUT2D eigenvalue weighted by Crippen LogP contribution is 2.23. The molecule has 0 saturated heterocycles. The molecule has 1 atom stereocenters. The van der Waals surface area contributed by atoms with Gasteiger partial charge in [0, 0.05) is 17.8 Å². The normalized spacial score (nSPS) is 12.2. The third kappa shape index (κ3) is 3.32. The molecule has 100 valence electrons. The van der Waals surface area contributed by atoms with E-state index in [0.717, 1.165) is 16.8 Å². The molecule has 2 rings (SSSR count). The number of aliphatic hydroxyl groups excluding tert-OH is 1. The van der Waals surface area contributed by atoms with Gasteiger partial charge < -0.3 is 10.4 Å². The van der Waals surface area contributed by atoms with Gasteiger partial charge in [0.25, 0.3) is 0 Å². The molecule has 0 aliphatic carbocycles. The third-order valence-corrected chi connectivity index (χ3v) is 3.13. The van der Waals surface area contributed by atoms with Crippen LogP contribution in [-0.2, 0) is 6.54 Å². The lowest BCUT2D eigenvalue weighted by Gasteiger charge is -2.14. The summed E-state index contributed by atoms with van der Waals surface area (Å²) in [5, 5.41) is 12.9. The van der Waals surface area contributed by atoms with Crippen molar-refractivity contribution in [1.82, 2.24) is 0 Å². The van der Waals surface area contributed by atoms with Gasteiger partial charge in [0.2, 0.25) is 0 Å². The van der Waals surface area contributed by atoms with Crippen LogP contribution in [0, 0.1) is 12.7 Å². The summed E-state index contributed by atoms with van der Waals surface area (Å²) < 4.78 is 13.4. The molecule has 0 bridgehead atoms. The molecule has 0 spiro atoms. The van der Waals surface area contributed by atoms with Gasteiger partial charge in [0.15, 0.2) is 0 Å². The summed E-state index contributed by atoms with van der Waals surface area (Å²) in [6.45, 7) is 4.00. The second-order valence-corrected chi connectivity index (χ2v) is 4.70. The summed E-state index contributed by atoms with van der Waals surface area (Å²) in [5.74, 6) is -0.192. The summed E-state index contributed by atoms with van der Waals surface area (Å²) in [6, 6.07) is 12.8. The number of halogens is 1. The number of anilines is 1. The van der Waals surface area contributed by atoms with Gasteiger partial charge in [-0.1, -0.05) is 30.3 Å². The zero-order chi connectivity index (χ0) is 13.8. The highest BCUT2D eigenvalue weighted by atomic mass is 19.1. The Labute approximate surface area is 112 Å². The van der Waals surface area contributed by atoms with Crippen LogP contribution in [0.2, 0.25) is 0 Å². The second kappa shape index (κ2) is 5.85. The molecule has 2 aromatic rings. The molecule has 0 aliphatic heterocycles. The van der Waals surface area contributed by atoms with E-state index < -0.39 is 6.10 Å². The molecule has 0 amide bonds. The Morgan fingerprint density at radius 1 is 1.21 bits per heavy atom. The topological polar surface area (TPSA) is 32.3 Å². The van der Waals surface area contributed by atoms with Crippen LogP contribution in [0.4, 0.5) is 10.1 Å². The minimum Gasteiger partial charge on any atom is -0.389 e. The average Bonchev–Trinajstić information content (AvgIpc) is 2.40.